The van der Waals surface area contributed by atoms with E-state index in [-0.39, 0.29) is 17.3 Å². The predicted molar refractivity (Wildman–Crippen MR) is 113 cm³/mol. The highest BCUT2D eigenvalue weighted by molar-refractivity contribution is 5.60. The van der Waals surface area contributed by atoms with Crippen LogP contribution >= 0.6 is 0 Å². The van der Waals surface area contributed by atoms with E-state index in [0.717, 1.165) is 28.8 Å². The van der Waals surface area contributed by atoms with E-state index in [1.165, 1.54) is 0 Å². The van der Waals surface area contributed by atoms with Crippen LogP contribution in [0.5, 0.6) is 5.88 Å². The molecular weight excluding hydrogens is 376 g/mol. The number of rotatable bonds is 3. The largest absolute Gasteiger partial charge is 0.422 e. The summed E-state index contributed by atoms with van der Waals surface area (Å²) in [7, 11) is 0. The Morgan fingerprint density at radius 3 is 2.40 bits per heavy atom. The minimum absolute atomic E-state index is 0.124. The van der Waals surface area contributed by atoms with Crippen molar-refractivity contribution in [2.24, 2.45) is 5.73 Å². The fourth-order valence-electron chi connectivity index (χ4n) is 3.73. The summed E-state index contributed by atoms with van der Waals surface area (Å²) in [6, 6.07) is 11.9. The number of aromatic nitrogens is 4. The maximum Gasteiger partial charge on any atom is 0.224 e. The lowest BCUT2D eigenvalue weighted by Gasteiger charge is -2.28. The summed E-state index contributed by atoms with van der Waals surface area (Å²) >= 11 is 0. The summed E-state index contributed by atoms with van der Waals surface area (Å²) < 4.78 is 7.80. The Morgan fingerprint density at radius 1 is 1.17 bits per heavy atom. The molecular formula is C23H24N6O. The Labute approximate surface area is 175 Å². The zero-order valence-electron chi connectivity index (χ0n) is 17.5. The molecule has 0 amide bonds. The third-order valence-corrected chi connectivity index (χ3v) is 5.16. The third kappa shape index (κ3) is 3.20. The Bertz CT molecular complexity index is 1150. The highest BCUT2D eigenvalue weighted by atomic mass is 16.5. The molecule has 7 heteroatoms. The number of hydrogen-bond acceptors (Lipinski definition) is 6. The molecule has 4 rings (SSSR count). The lowest BCUT2D eigenvalue weighted by atomic mass is 9.83. The number of fused-ring (bicyclic) bond motifs is 1. The van der Waals surface area contributed by atoms with Gasteiger partial charge in [0.25, 0.3) is 0 Å². The first kappa shape index (κ1) is 19.6. The van der Waals surface area contributed by atoms with Crippen LogP contribution in [0.3, 0.4) is 0 Å². The molecule has 2 N–H and O–H groups in total. The molecule has 2 aromatic heterocycles. The Kier molecular flexibility index (Phi) is 4.78. The molecule has 1 aliphatic rings. The first-order valence-electron chi connectivity index (χ1n) is 9.92. The van der Waals surface area contributed by atoms with Crippen molar-refractivity contribution in [1.29, 1.82) is 5.26 Å². The van der Waals surface area contributed by atoms with Crippen LogP contribution < -0.4 is 10.5 Å². The number of hydrogen-bond donors (Lipinski definition) is 1. The van der Waals surface area contributed by atoms with Crippen molar-refractivity contribution < 1.29 is 4.74 Å². The Hall–Kier alpha value is -3.66. The molecule has 3 heterocycles. The number of nitriles is 1. The van der Waals surface area contributed by atoms with E-state index in [4.69, 9.17) is 15.6 Å². The van der Waals surface area contributed by atoms with Gasteiger partial charge in [-0.05, 0) is 38.8 Å². The zero-order chi connectivity index (χ0) is 21.5. The van der Waals surface area contributed by atoms with Gasteiger partial charge in [-0.1, -0.05) is 31.2 Å². The number of nitrogens with two attached hydrogens (primary N) is 1. The van der Waals surface area contributed by atoms with Gasteiger partial charge in [0.2, 0.25) is 11.8 Å². The van der Waals surface area contributed by atoms with Gasteiger partial charge in [0, 0.05) is 18.0 Å². The van der Waals surface area contributed by atoms with Crippen molar-refractivity contribution in [3.05, 3.63) is 71.0 Å². The summed E-state index contributed by atoms with van der Waals surface area (Å²) in [5.41, 5.74) is 9.96. The van der Waals surface area contributed by atoms with Crippen LogP contribution in [0.15, 0.2) is 54.2 Å². The summed E-state index contributed by atoms with van der Waals surface area (Å²) in [4.78, 5) is 8.60. The maximum atomic E-state index is 9.87. The van der Waals surface area contributed by atoms with Gasteiger partial charge in [0.05, 0.1) is 22.7 Å². The fourth-order valence-corrected chi connectivity index (χ4v) is 3.73. The number of nitrogens with zero attached hydrogens (tertiary/aromatic N) is 5. The van der Waals surface area contributed by atoms with E-state index in [1.807, 2.05) is 28.9 Å². The highest BCUT2D eigenvalue weighted by Gasteiger charge is 2.38. The van der Waals surface area contributed by atoms with Crippen molar-refractivity contribution in [3.8, 4) is 23.3 Å². The smallest absolute Gasteiger partial charge is 0.224 e. The van der Waals surface area contributed by atoms with E-state index in [9.17, 15) is 5.26 Å². The molecule has 152 valence electrons. The molecule has 0 bridgehead atoms. The summed E-state index contributed by atoms with van der Waals surface area (Å²) in [5, 5.41) is 14.7. The standard InChI is InChI=1S/C23H24N6O/c1-5-17-19-18(14-7-9-15(10-8-14)21-26-11-6-12-27-21)16(13-24)20(25)30-22(19)29(28-17)23(2,3)4/h6-12,18H,5,25H2,1-4H3. The lowest BCUT2D eigenvalue weighted by molar-refractivity contribution is 0.277. The molecule has 0 saturated carbocycles. The Morgan fingerprint density at radius 2 is 1.83 bits per heavy atom. The van der Waals surface area contributed by atoms with E-state index in [0.29, 0.717) is 17.3 Å². The van der Waals surface area contributed by atoms with Crippen LogP contribution in [0.1, 0.15) is 50.4 Å². The lowest BCUT2D eigenvalue weighted by Crippen LogP contribution is -2.27. The van der Waals surface area contributed by atoms with Crippen molar-refractivity contribution in [2.45, 2.75) is 45.6 Å². The highest BCUT2D eigenvalue weighted by Crippen LogP contribution is 2.45. The van der Waals surface area contributed by atoms with Crippen LogP contribution in [0, 0.1) is 11.3 Å². The van der Waals surface area contributed by atoms with Crippen molar-refractivity contribution in [2.75, 3.05) is 0 Å². The molecule has 0 spiro atoms. The van der Waals surface area contributed by atoms with E-state index in [2.05, 4.69) is 43.7 Å². The van der Waals surface area contributed by atoms with Crippen LogP contribution in [-0.4, -0.2) is 19.7 Å². The van der Waals surface area contributed by atoms with Crippen molar-refractivity contribution in [1.82, 2.24) is 19.7 Å². The average molecular weight is 400 g/mol. The van der Waals surface area contributed by atoms with Crippen LogP contribution in [0.4, 0.5) is 0 Å². The topological polar surface area (TPSA) is 103 Å². The second-order valence-corrected chi connectivity index (χ2v) is 8.22. The first-order valence-corrected chi connectivity index (χ1v) is 9.92. The first-order chi connectivity index (χ1) is 14.3. The molecule has 0 radical (unpaired) electrons. The van der Waals surface area contributed by atoms with Crippen LogP contribution in [0.2, 0.25) is 0 Å². The average Bonchev–Trinajstić information content (AvgIpc) is 3.12. The molecule has 7 nitrogen and oxygen atoms in total. The number of aryl methyl sites for hydroxylation is 1. The number of benzene rings is 1. The van der Waals surface area contributed by atoms with Gasteiger partial charge in [-0.15, -0.1) is 0 Å². The molecule has 1 atom stereocenters. The molecule has 0 saturated heterocycles. The zero-order valence-corrected chi connectivity index (χ0v) is 17.5. The monoisotopic (exact) mass is 400 g/mol. The number of allylic oxidation sites excluding steroid dienone is 1. The van der Waals surface area contributed by atoms with E-state index >= 15 is 0 Å². The molecule has 0 aliphatic carbocycles. The summed E-state index contributed by atoms with van der Waals surface area (Å²) in [5.74, 6) is 1.05. The van der Waals surface area contributed by atoms with Gasteiger partial charge in [0.1, 0.15) is 11.6 Å². The minimum atomic E-state index is -0.337. The molecule has 30 heavy (non-hydrogen) atoms. The normalized spacial score (nSPS) is 16.0. The summed E-state index contributed by atoms with van der Waals surface area (Å²) in [6.45, 7) is 8.24. The van der Waals surface area contributed by atoms with E-state index in [1.54, 1.807) is 18.5 Å². The van der Waals surface area contributed by atoms with Gasteiger partial charge in [-0.3, -0.25) is 0 Å². The van der Waals surface area contributed by atoms with Crippen LogP contribution in [0.25, 0.3) is 11.4 Å². The Balaban J connectivity index is 1.87. The van der Waals surface area contributed by atoms with Crippen LogP contribution in [-0.2, 0) is 12.0 Å². The van der Waals surface area contributed by atoms with E-state index < -0.39 is 0 Å². The van der Waals surface area contributed by atoms with Gasteiger partial charge >= 0.3 is 0 Å². The van der Waals surface area contributed by atoms with Crippen molar-refractivity contribution in [3.63, 3.8) is 0 Å². The molecule has 1 unspecified atom stereocenters. The van der Waals surface area contributed by atoms with Gasteiger partial charge in [-0.2, -0.15) is 10.4 Å². The molecule has 1 aromatic carbocycles. The molecule has 1 aliphatic heterocycles. The second kappa shape index (κ2) is 7.30. The quantitative estimate of drug-likeness (QED) is 0.716. The second-order valence-electron chi connectivity index (χ2n) is 8.22. The van der Waals surface area contributed by atoms with Gasteiger partial charge in [-0.25, -0.2) is 14.6 Å². The van der Waals surface area contributed by atoms with Gasteiger partial charge in [0.15, 0.2) is 5.82 Å². The SMILES string of the molecule is CCc1nn(C(C)(C)C)c2c1C(c1ccc(-c3ncccn3)cc1)C(C#N)=C(N)O2. The summed E-state index contributed by atoms with van der Waals surface area (Å²) in [6.07, 6.45) is 4.15. The maximum absolute atomic E-state index is 9.87. The van der Waals surface area contributed by atoms with Gasteiger partial charge < -0.3 is 10.5 Å². The third-order valence-electron chi connectivity index (χ3n) is 5.16. The number of ether oxygens (including phenoxy) is 1. The molecule has 3 aromatic rings. The minimum Gasteiger partial charge on any atom is -0.422 e. The molecule has 0 fully saturated rings. The predicted octanol–water partition coefficient (Wildman–Crippen LogP) is 3.88. The fraction of sp³-hybridized carbons (Fsp3) is 0.304. The van der Waals surface area contributed by atoms with Crippen molar-refractivity contribution >= 4 is 0 Å².